The van der Waals surface area contributed by atoms with Crippen LogP contribution in [0.3, 0.4) is 0 Å². The van der Waals surface area contributed by atoms with Gasteiger partial charge in [0.2, 0.25) is 0 Å². The van der Waals surface area contributed by atoms with Crippen molar-refractivity contribution in [1.29, 1.82) is 0 Å². The number of halogens is 3. The molecular weight excluding hydrogens is 405 g/mol. The van der Waals surface area contributed by atoms with Crippen molar-refractivity contribution >= 4 is 43.2 Å². The van der Waals surface area contributed by atoms with E-state index in [9.17, 15) is 4.39 Å². The van der Waals surface area contributed by atoms with E-state index in [0.29, 0.717) is 4.47 Å². The van der Waals surface area contributed by atoms with Crippen LogP contribution < -0.4 is 5.32 Å². The highest BCUT2D eigenvalue weighted by atomic mass is 79.9. The number of nitrogens with one attached hydrogen (secondary N) is 1. The van der Waals surface area contributed by atoms with Crippen LogP contribution in [-0.2, 0) is 0 Å². The molecule has 1 heterocycles. The predicted molar refractivity (Wildman–Crippen MR) is 91.0 cm³/mol. The fourth-order valence-electron chi connectivity index (χ4n) is 1.99. The summed E-state index contributed by atoms with van der Waals surface area (Å²) < 4.78 is 15.4. The lowest BCUT2D eigenvalue weighted by molar-refractivity contribution is 0.588. The van der Waals surface area contributed by atoms with Crippen molar-refractivity contribution in [2.45, 2.75) is 26.3 Å². The third-order valence-corrected chi connectivity index (χ3v) is 5.88. The van der Waals surface area contributed by atoms with Crippen LogP contribution in [-0.4, -0.2) is 6.54 Å². The summed E-state index contributed by atoms with van der Waals surface area (Å²) in [6.45, 7) is 5.10. The molecule has 0 saturated carbocycles. The average molecular weight is 421 g/mol. The van der Waals surface area contributed by atoms with Gasteiger partial charge in [0.1, 0.15) is 5.82 Å². The molecule has 108 valence electrons. The molecule has 20 heavy (non-hydrogen) atoms. The molecule has 0 radical (unpaired) electrons. The summed E-state index contributed by atoms with van der Waals surface area (Å²) in [7, 11) is 0. The van der Waals surface area contributed by atoms with Crippen molar-refractivity contribution in [2.75, 3.05) is 6.54 Å². The molecular formula is C15H16Br2FNS. The van der Waals surface area contributed by atoms with Crippen molar-refractivity contribution in [3.05, 3.63) is 54.3 Å². The van der Waals surface area contributed by atoms with E-state index in [1.54, 1.807) is 23.5 Å². The Kier molecular flexibility index (Phi) is 5.78. The zero-order chi connectivity index (χ0) is 14.7. The Morgan fingerprint density at radius 3 is 2.60 bits per heavy atom. The molecule has 0 amide bonds. The third-order valence-electron chi connectivity index (χ3n) is 3.04. The Balaban J connectivity index is 2.38. The molecule has 1 nitrogen and oxygen atoms in total. The lowest BCUT2D eigenvalue weighted by atomic mass is 10.0. The second kappa shape index (κ2) is 7.16. The van der Waals surface area contributed by atoms with Gasteiger partial charge >= 0.3 is 0 Å². The summed E-state index contributed by atoms with van der Waals surface area (Å²) in [5, 5.41) is 3.50. The van der Waals surface area contributed by atoms with Gasteiger partial charge in [-0.25, -0.2) is 4.39 Å². The van der Waals surface area contributed by atoms with Crippen LogP contribution in [0.2, 0.25) is 0 Å². The molecule has 1 aromatic heterocycles. The van der Waals surface area contributed by atoms with Crippen molar-refractivity contribution < 1.29 is 4.39 Å². The fraction of sp³-hybridized carbons (Fsp3) is 0.333. The van der Waals surface area contributed by atoms with E-state index in [-0.39, 0.29) is 11.9 Å². The lowest BCUT2D eigenvalue weighted by Crippen LogP contribution is -2.22. The fourth-order valence-corrected chi connectivity index (χ4v) is 3.91. The van der Waals surface area contributed by atoms with E-state index < -0.39 is 0 Å². The summed E-state index contributed by atoms with van der Waals surface area (Å²) in [5.41, 5.74) is 2.17. The largest absolute Gasteiger partial charge is 0.306 e. The van der Waals surface area contributed by atoms with Crippen molar-refractivity contribution in [2.24, 2.45) is 0 Å². The van der Waals surface area contributed by atoms with Crippen LogP contribution in [0.1, 0.15) is 35.4 Å². The van der Waals surface area contributed by atoms with E-state index >= 15 is 0 Å². The van der Waals surface area contributed by atoms with Gasteiger partial charge in [-0.2, -0.15) is 0 Å². The van der Waals surface area contributed by atoms with E-state index in [0.717, 1.165) is 22.3 Å². The highest BCUT2D eigenvalue weighted by Gasteiger charge is 2.18. The minimum absolute atomic E-state index is 0.0348. The SMILES string of the molecule is CCCNC(c1ccc(Br)c(F)c1)c1cc(C)c(Br)s1. The predicted octanol–water partition coefficient (Wildman–Crippen LogP) is 5.81. The maximum Gasteiger partial charge on any atom is 0.137 e. The van der Waals surface area contributed by atoms with Crippen molar-refractivity contribution in [1.82, 2.24) is 5.32 Å². The smallest absolute Gasteiger partial charge is 0.137 e. The van der Waals surface area contributed by atoms with Gasteiger partial charge in [0.05, 0.1) is 14.3 Å². The van der Waals surface area contributed by atoms with E-state index in [1.165, 1.54) is 10.4 Å². The minimum atomic E-state index is -0.224. The van der Waals surface area contributed by atoms with Gasteiger partial charge in [0.25, 0.3) is 0 Å². The summed E-state index contributed by atoms with van der Waals surface area (Å²) >= 11 is 8.46. The van der Waals surface area contributed by atoms with Crippen LogP contribution in [0.5, 0.6) is 0 Å². The zero-order valence-corrected chi connectivity index (χ0v) is 15.3. The number of rotatable bonds is 5. The Morgan fingerprint density at radius 1 is 1.30 bits per heavy atom. The minimum Gasteiger partial charge on any atom is -0.306 e. The van der Waals surface area contributed by atoms with Crippen LogP contribution >= 0.6 is 43.2 Å². The van der Waals surface area contributed by atoms with E-state index in [1.807, 2.05) is 6.07 Å². The van der Waals surface area contributed by atoms with Gasteiger partial charge in [-0.1, -0.05) is 13.0 Å². The molecule has 0 saturated heterocycles. The summed E-state index contributed by atoms with van der Waals surface area (Å²) in [5.74, 6) is -0.224. The quantitative estimate of drug-likeness (QED) is 0.643. The number of hydrogen-bond acceptors (Lipinski definition) is 2. The van der Waals surface area contributed by atoms with Crippen LogP contribution in [0.25, 0.3) is 0 Å². The summed E-state index contributed by atoms with van der Waals surface area (Å²) in [6, 6.07) is 7.51. The molecule has 0 fully saturated rings. The normalized spacial score (nSPS) is 12.7. The number of benzene rings is 1. The Bertz CT molecular complexity index is 578. The lowest BCUT2D eigenvalue weighted by Gasteiger charge is -2.18. The van der Waals surface area contributed by atoms with E-state index in [2.05, 4.69) is 57.1 Å². The average Bonchev–Trinajstić information content (AvgIpc) is 2.74. The number of thiophene rings is 1. The second-order valence-electron chi connectivity index (χ2n) is 4.67. The maximum atomic E-state index is 13.8. The van der Waals surface area contributed by atoms with Gasteiger partial charge in [-0.05, 0) is 81.1 Å². The van der Waals surface area contributed by atoms with Crippen molar-refractivity contribution in [3.8, 4) is 0 Å². The summed E-state index contributed by atoms with van der Waals surface area (Å²) in [4.78, 5) is 1.20. The highest BCUT2D eigenvalue weighted by molar-refractivity contribution is 9.11. The van der Waals surface area contributed by atoms with Crippen LogP contribution in [0, 0.1) is 12.7 Å². The first kappa shape index (κ1) is 16.1. The number of aryl methyl sites for hydroxylation is 1. The molecule has 1 unspecified atom stereocenters. The van der Waals surface area contributed by atoms with Gasteiger partial charge in [0.15, 0.2) is 0 Å². The molecule has 1 aromatic carbocycles. The molecule has 1 atom stereocenters. The number of hydrogen-bond donors (Lipinski definition) is 1. The first-order valence-electron chi connectivity index (χ1n) is 6.47. The Hall–Kier alpha value is -0.230. The third kappa shape index (κ3) is 3.70. The molecule has 5 heteroatoms. The van der Waals surface area contributed by atoms with E-state index in [4.69, 9.17) is 0 Å². The molecule has 2 aromatic rings. The molecule has 1 N–H and O–H groups in total. The van der Waals surface area contributed by atoms with Crippen LogP contribution in [0.15, 0.2) is 32.5 Å². The van der Waals surface area contributed by atoms with Gasteiger partial charge in [-0.3, -0.25) is 0 Å². The molecule has 0 bridgehead atoms. The topological polar surface area (TPSA) is 12.0 Å². The molecule has 0 aliphatic heterocycles. The molecule has 2 rings (SSSR count). The Labute approximate surface area is 139 Å². The second-order valence-corrected chi connectivity index (χ2v) is 7.92. The summed E-state index contributed by atoms with van der Waals surface area (Å²) in [6.07, 6.45) is 1.04. The first-order chi connectivity index (χ1) is 9.52. The maximum absolute atomic E-state index is 13.8. The van der Waals surface area contributed by atoms with Gasteiger partial charge in [0, 0.05) is 4.88 Å². The first-order valence-corrected chi connectivity index (χ1v) is 8.87. The standard InChI is InChI=1S/C15H16Br2FNS/c1-3-6-19-14(13-7-9(2)15(17)20-13)10-4-5-11(16)12(18)8-10/h4-5,7-8,14,19H,3,6H2,1-2H3. The monoisotopic (exact) mass is 419 g/mol. The van der Waals surface area contributed by atoms with Gasteiger partial charge in [-0.15, -0.1) is 11.3 Å². The molecule has 0 aliphatic rings. The van der Waals surface area contributed by atoms with Gasteiger partial charge < -0.3 is 5.32 Å². The molecule has 0 spiro atoms. The van der Waals surface area contributed by atoms with Crippen LogP contribution in [0.4, 0.5) is 4.39 Å². The zero-order valence-electron chi connectivity index (χ0n) is 11.3. The highest BCUT2D eigenvalue weighted by Crippen LogP contribution is 2.35. The molecule has 0 aliphatic carbocycles. The van der Waals surface area contributed by atoms with Crippen molar-refractivity contribution in [3.63, 3.8) is 0 Å². The Morgan fingerprint density at radius 2 is 2.05 bits per heavy atom.